The largest absolute Gasteiger partial charge is 0.481 e. The molecule has 0 aliphatic rings. The quantitative estimate of drug-likeness (QED) is 0.460. The minimum atomic E-state index is -1.01. The Labute approximate surface area is 98.2 Å². The Hall–Kier alpha value is -0.860. The van der Waals surface area contributed by atoms with Crippen LogP contribution in [0.25, 0.3) is 0 Å². The average Bonchev–Trinajstić information content (AvgIpc) is 2.26. The molecule has 1 unspecified atom stereocenters. The van der Waals surface area contributed by atoms with E-state index in [0.717, 1.165) is 19.3 Å². The number of hydrogen-bond donors (Lipinski definition) is 1. The second-order valence-corrected chi connectivity index (χ2v) is 4.40. The van der Waals surface area contributed by atoms with Crippen molar-refractivity contribution < 1.29 is 14.7 Å². The molecule has 0 saturated heterocycles. The number of carboxylic acid groups (broad SMARTS) is 1. The molecule has 94 valence electrons. The molecular weight excluding hydrogens is 204 g/mol. The maximum atomic E-state index is 11.3. The van der Waals surface area contributed by atoms with Gasteiger partial charge in [0, 0.05) is 6.42 Å². The molecule has 3 heteroatoms. The Bertz CT molecular complexity index is 211. The van der Waals surface area contributed by atoms with E-state index in [1.54, 1.807) is 0 Å². The first-order valence-corrected chi connectivity index (χ1v) is 6.35. The van der Waals surface area contributed by atoms with Crippen LogP contribution in [0.3, 0.4) is 0 Å². The Morgan fingerprint density at radius 2 is 1.50 bits per heavy atom. The minimum absolute atomic E-state index is 0.138. The summed E-state index contributed by atoms with van der Waals surface area (Å²) in [6.45, 7) is 3.65. The summed E-state index contributed by atoms with van der Waals surface area (Å²) in [6, 6.07) is 0. The first kappa shape index (κ1) is 15.1. The number of carbonyl (C=O) groups excluding carboxylic acids is 1. The first-order chi connectivity index (χ1) is 7.59. The predicted molar refractivity (Wildman–Crippen MR) is 64.4 cm³/mol. The first-order valence-electron chi connectivity index (χ1n) is 6.35. The smallest absolute Gasteiger partial charge is 0.313 e. The number of carbonyl (C=O) groups is 2. The summed E-state index contributed by atoms with van der Waals surface area (Å²) in [7, 11) is 0. The van der Waals surface area contributed by atoms with Gasteiger partial charge in [0.05, 0.1) is 0 Å². The molecule has 16 heavy (non-hydrogen) atoms. The molecule has 0 aromatic heterocycles. The highest BCUT2D eigenvalue weighted by Gasteiger charge is 2.19. The number of ketones is 1. The normalized spacial score (nSPS) is 12.4. The molecule has 0 aromatic rings. The Morgan fingerprint density at radius 3 is 2.00 bits per heavy atom. The van der Waals surface area contributed by atoms with Gasteiger partial charge in [-0.3, -0.25) is 9.59 Å². The molecule has 0 aromatic carbocycles. The highest BCUT2D eigenvalue weighted by atomic mass is 16.4. The van der Waals surface area contributed by atoms with E-state index in [1.807, 2.05) is 0 Å². The van der Waals surface area contributed by atoms with Gasteiger partial charge in [-0.2, -0.15) is 0 Å². The molecule has 1 N–H and O–H groups in total. The second-order valence-electron chi connectivity index (χ2n) is 4.40. The molecular formula is C13H24O3. The van der Waals surface area contributed by atoms with Crippen molar-refractivity contribution in [2.45, 2.75) is 65.2 Å². The molecule has 0 saturated carbocycles. The van der Waals surface area contributed by atoms with Crippen molar-refractivity contribution in [1.82, 2.24) is 0 Å². The summed E-state index contributed by atoms with van der Waals surface area (Å²) < 4.78 is 0. The van der Waals surface area contributed by atoms with Gasteiger partial charge in [-0.05, 0) is 13.3 Å². The third-order valence-corrected chi connectivity index (χ3v) is 2.88. The molecule has 0 amide bonds. The van der Waals surface area contributed by atoms with E-state index in [4.69, 9.17) is 5.11 Å². The highest BCUT2D eigenvalue weighted by molar-refractivity contribution is 5.97. The van der Waals surface area contributed by atoms with E-state index in [0.29, 0.717) is 6.42 Å². The van der Waals surface area contributed by atoms with Crippen molar-refractivity contribution in [2.75, 3.05) is 0 Å². The molecule has 0 heterocycles. The molecule has 3 nitrogen and oxygen atoms in total. The minimum Gasteiger partial charge on any atom is -0.481 e. The van der Waals surface area contributed by atoms with Crippen LogP contribution in [-0.4, -0.2) is 16.9 Å². The summed E-state index contributed by atoms with van der Waals surface area (Å²) in [5.41, 5.74) is 0. The van der Waals surface area contributed by atoms with Crippen LogP contribution < -0.4 is 0 Å². The summed E-state index contributed by atoms with van der Waals surface area (Å²) in [5, 5.41) is 8.63. The molecule has 1 atom stereocenters. The molecule has 0 bridgehead atoms. The van der Waals surface area contributed by atoms with Crippen LogP contribution in [0.1, 0.15) is 65.2 Å². The number of aliphatic carboxylic acids is 1. The van der Waals surface area contributed by atoms with Crippen LogP contribution in [0.15, 0.2) is 0 Å². The van der Waals surface area contributed by atoms with Gasteiger partial charge >= 0.3 is 5.97 Å². The molecule has 0 rings (SSSR count). The van der Waals surface area contributed by atoms with Gasteiger partial charge in [-0.25, -0.2) is 0 Å². The van der Waals surface area contributed by atoms with E-state index < -0.39 is 11.9 Å². The van der Waals surface area contributed by atoms with E-state index >= 15 is 0 Å². The average molecular weight is 228 g/mol. The fraction of sp³-hybridized carbons (Fsp3) is 0.846. The standard InChI is InChI=1S/C13H24O3/c1-3-4-5-6-7-8-9-10-12(14)11(2)13(15)16/h11H,3-10H2,1-2H3,(H,15,16). The number of carboxylic acids is 1. The van der Waals surface area contributed by atoms with Crippen molar-refractivity contribution in [1.29, 1.82) is 0 Å². The number of unbranched alkanes of at least 4 members (excludes halogenated alkanes) is 6. The van der Waals surface area contributed by atoms with E-state index in [2.05, 4.69) is 6.92 Å². The zero-order valence-electron chi connectivity index (χ0n) is 10.5. The number of rotatable bonds is 10. The highest BCUT2D eigenvalue weighted by Crippen LogP contribution is 2.10. The summed E-state index contributed by atoms with van der Waals surface area (Å²) >= 11 is 0. The van der Waals surface area contributed by atoms with Crippen molar-refractivity contribution in [3.63, 3.8) is 0 Å². The summed E-state index contributed by atoms with van der Waals surface area (Å²) in [5.74, 6) is -1.98. The Balaban J connectivity index is 3.38. The molecule has 0 aliphatic heterocycles. The third kappa shape index (κ3) is 7.43. The van der Waals surface area contributed by atoms with Crippen LogP contribution in [0, 0.1) is 5.92 Å². The summed E-state index contributed by atoms with van der Waals surface area (Å²) in [6.07, 6.45) is 8.50. The number of Topliss-reactive ketones (excluding diaryl/α,β-unsaturated/α-hetero) is 1. The maximum Gasteiger partial charge on any atom is 0.313 e. The molecule has 0 spiro atoms. The molecule has 0 fully saturated rings. The van der Waals surface area contributed by atoms with Gasteiger partial charge in [0.15, 0.2) is 0 Å². The zero-order chi connectivity index (χ0) is 12.4. The van der Waals surface area contributed by atoms with Crippen LogP contribution in [0.5, 0.6) is 0 Å². The number of hydrogen-bond acceptors (Lipinski definition) is 2. The van der Waals surface area contributed by atoms with Gasteiger partial charge in [-0.15, -0.1) is 0 Å². The van der Waals surface area contributed by atoms with E-state index in [-0.39, 0.29) is 5.78 Å². The second kappa shape index (κ2) is 9.37. The lowest BCUT2D eigenvalue weighted by molar-refractivity contribution is -0.145. The third-order valence-electron chi connectivity index (χ3n) is 2.88. The Morgan fingerprint density at radius 1 is 1.00 bits per heavy atom. The Kier molecular flexibility index (Phi) is 8.87. The predicted octanol–water partition coefficient (Wildman–Crippen LogP) is 3.42. The lowest BCUT2D eigenvalue weighted by Gasteiger charge is -2.04. The SMILES string of the molecule is CCCCCCCCCC(=O)C(C)C(=O)O. The zero-order valence-corrected chi connectivity index (χ0v) is 10.5. The van der Waals surface area contributed by atoms with Crippen LogP contribution in [-0.2, 0) is 9.59 Å². The van der Waals surface area contributed by atoms with Gasteiger partial charge < -0.3 is 5.11 Å². The van der Waals surface area contributed by atoms with Crippen LogP contribution in [0.2, 0.25) is 0 Å². The lowest BCUT2D eigenvalue weighted by atomic mass is 10.0. The fourth-order valence-electron chi connectivity index (χ4n) is 1.61. The summed E-state index contributed by atoms with van der Waals surface area (Å²) in [4.78, 5) is 21.9. The van der Waals surface area contributed by atoms with Gasteiger partial charge in [0.1, 0.15) is 11.7 Å². The van der Waals surface area contributed by atoms with Crippen LogP contribution >= 0.6 is 0 Å². The topological polar surface area (TPSA) is 54.4 Å². The van der Waals surface area contributed by atoms with Crippen molar-refractivity contribution in [3.05, 3.63) is 0 Å². The molecule has 0 radical (unpaired) electrons. The van der Waals surface area contributed by atoms with E-state index in [9.17, 15) is 9.59 Å². The van der Waals surface area contributed by atoms with E-state index in [1.165, 1.54) is 32.6 Å². The van der Waals surface area contributed by atoms with Gasteiger partial charge in [0.2, 0.25) is 0 Å². The maximum absolute atomic E-state index is 11.3. The van der Waals surface area contributed by atoms with Crippen molar-refractivity contribution in [2.24, 2.45) is 5.92 Å². The monoisotopic (exact) mass is 228 g/mol. The van der Waals surface area contributed by atoms with Crippen molar-refractivity contribution >= 4 is 11.8 Å². The van der Waals surface area contributed by atoms with Crippen LogP contribution in [0.4, 0.5) is 0 Å². The van der Waals surface area contributed by atoms with Gasteiger partial charge in [0.25, 0.3) is 0 Å². The fourth-order valence-corrected chi connectivity index (χ4v) is 1.61. The molecule has 0 aliphatic carbocycles. The lowest BCUT2D eigenvalue weighted by Crippen LogP contribution is -2.20. The van der Waals surface area contributed by atoms with Gasteiger partial charge in [-0.1, -0.05) is 45.4 Å². The van der Waals surface area contributed by atoms with Crippen molar-refractivity contribution in [3.8, 4) is 0 Å².